The zero-order valence-corrected chi connectivity index (χ0v) is 6.79. The van der Waals surface area contributed by atoms with Gasteiger partial charge in [0.2, 0.25) is 5.96 Å². The average molecular weight is 153 g/mol. The summed E-state index contributed by atoms with van der Waals surface area (Å²) in [6, 6.07) is 0.411. The lowest BCUT2D eigenvalue weighted by Crippen LogP contribution is -2.16. The van der Waals surface area contributed by atoms with Crippen molar-refractivity contribution in [3.05, 3.63) is 0 Å². The standard InChI is InChI=1S/C8H15N3/c1-10-8(9)11-7-5-3-2-4-6-7/h7H,1-6H2,(H2,9,11). The van der Waals surface area contributed by atoms with Gasteiger partial charge < -0.3 is 5.73 Å². The quantitative estimate of drug-likeness (QED) is 0.448. The Morgan fingerprint density at radius 3 is 2.45 bits per heavy atom. The highest BCUT2D eigenvalue weighted by Crippen LogP contribution is 2.19. The average Bonchev–Trinajstić information content (AvgIpc) is 2.06. The molecule has 3 nitrogen and oxygen atoms in total. The molecule has 0 atom stereocenters. The van der Waals surface area contributed by atoms with Gasteiger partial charge in [-0.1, -0.05) is 19.3 Å². The Hall–Kier alpha value is -0.860. The van der Waals surface area contributed by atoms with E-state index in [-0.39, 0.29) is 0 Å². The van der Waals surface area contributed by atoms with E-state index in [4.69, 9.17) is 5.73 Å². The van der Waals surface area contributed by atoms with Crippen molar-refractivity contribution >= 4 is 12.7 Å². The monoisotopic (exact) mass is 153 g/mol. The lowest BCUT2D eigenvalue weighted by Gasteiger charge is -2.17. The van der Waals surface area contributed by atoms with E-state index in [9.17, 15) is 0 Å². The highest BCUT2D eigenvalue weighted by Gasteiger charge is 2.11. The van der Waals surface area contributed by atoms with Crippen LogP contribution in [0.2, 0.25) is 0 Å². The van der Waals surface area contributed by atoms with Crippen molar-refractivity contribution in [2.24, 2.45) is 15.7 Å². The van der Waals surface area contributed by atoms with Crippen LogP contribution in [0.15, 0.2) is 9.98 Å². The van der Waals surface area contributed by atoms with Crippen LogP contribution in [0.3, 0.4) is 0 Å². The van der Waals surface area contributed by atoms with E-state index in [0.29, 0.717) is 12.0 Å². The summed E-state index contributed by atoms with van der Waals surface area (Å²) >= 11 is 0. The molecule has 0 aromatic rings. The van der Waals surface area contributed by atoms with Crippen molar-refractivity contribution in [3.8, 4) is 0 Å². The van der Waals surface area contributed by atoms with Gasteiger partial charge in [0.25, 0.3) is 0 Å². The number of nitrogens with zero attached hydrogens (tertiary/aromatic N) is 2. The molecule has 11 heavy (non-hydrogen) atoms. The van der Waals surface area contributed by atoms with Crippen LogP contribution in [0.25, 0.3) is 0 Å². The SMILES string of the molecule is C=NC(N)=NC1CCCCC1. The fourth-order valence-corrected chi connectivity index (χ4v) is 1.44. The lowest BCUT2D eigenvalue weighted by molar-refractivity contribution is 0.443. The Kier molecular flexibility index (Phi) is 3.08. The summed E-state index contributed by atoms with van der Waals surface area (Å²) in [4.78, 5) is 7.78. The maximum Gasteiger partial charge on any atom is 0.214 e. The van der Waals surface area contributed by atoms with Crippen molar-refractivity contribution in [1.82, 2.24) is 0 Å². The molecule has 1 rings (SSSR count). The second-order valence-corrected chi connectivity index (χ2v) is 2.94. The second kappa shape index (κ2) is 4.11. The van der Waals surface area contributed by atoms with Crippen LogP contribution >= 0.6 is 0 Å². The molecular formula is C8H15N3. The van der Waals surface area contributed by atoms with Gasteiger partial charge in [-0.2, -0.15) is 0 Å². The first-order valence-electron chi connectivity index (χ1n) is 4.13. The molecule has 3 heteroatoms. The zero-order valence-electron chi connectivity index (χ0n) is 6.79. The summed E-state index contributed by atoms with van der Waals surface area (Å²) in [5.74, 6) is 0.344. The maximum atomic E-state index is 5.42. The molecule has 0 amide bonds. The molecule has 1 aliphatic carbocycles. The van der Waals surface area contributed by atoms with E-state index < -0.39 is 0 Å². The van der Waals surface area contributed by atoms with Crippen LogP contribution in [-0.2, 0) is 0 Å². The molecule has 0 unspecified atom stereocenters. The number of aliphatic imine (C=N–C) groups is 2. The van der Waals surface area contributed by atoms with Crippen LogP contribution in [0.5, 0.6) is 0 Å². The van der Waals surface area contributed by atoms with Gasteiger partial charge >= 0.3 is 0 Å². The van der Waals surface area contributed by atoms with Gasteiger partial charge in [-0.25, -0.2) is 9.98 Å². The minimum atomic E-state index is 0.344. The van der Waals surface area contributed by atoms with E-state index in [1.54, 1.807) is 0 Å². The summed E-state index contributed by atoms with van der Waals surface area (Å²) in [6.45, 7) is 3.32. The van der Waals surface area contributed by atoms with Gasteiger partial charge in [0.1, 0.15) is 0 Å². The number of nitrogens with two attached hydrogens (primary N) is 1. The Morgan fingerprint density at radius 2 is 1.91 bits per heavy atom. The lowest BCUT2D eigenvalue weighted by atomic mass is 9.96. The Labute approximate surface area is 67.4 Å². The number of hydrogen-bond donors (Lipinski definition) is 1. The molecule has 0 bridgehead atoms. The molecule has 0 heterocycles. The summed E-state index contributed by atoms with van der Waals surface area (Å²) in [6.07, 6.45) is 6.22. The van der Waals surface area contributed by atoms with E-state index in [0.717, 1.165) is 12.8 Å². The van der Waals surface area contributed by atoms with Gasteiger partial charge in [-0.15, -0.1) is 0 Å². The number of rotatable bonds is 1. The first kappa shape index (κ1) is 8.24. The van der Waals surface area contributed by atoms with E-state index in [2.05, 4.69) is 16.7 Å². The van der Waals surface area contributed by atoms with E-state index >= 15 is 0 Å². The molecule has 0 aliphatic heterocycles. The van der Waals surface area contributed by atoms with Crippen LogP contribution in [0, 0.1) is 0 Å². The van der Waals surface area contributed by atoms with Crippen LogP contribution < -0.4 is 5.73 Å². The molecule has 0 aromatic heterocycles. The van der Waals surface area contributed by atoms with Gasteiger partial charge in [0.05, 0.1) is 6.04 Å². The predicted molar refractivity (Wildman–Crippen MR) is 48.0 cm³/mol. The zero-order chi connectivity index (χ0) is 8.10. The molecular weight excluding hydrogens is 138 g/mol. The van der Waals surface area contributed by atoms with Crippen molar-refractivity contribution in [3.63, 3.8) is 0 Å². The van der Waals surface area contributed by atoms with Crippen molar-refractivity contribution in [2.45, 2.75) is 38.1 Å². The maximum absolute atomic E-state index is 5.42. The third-order valence-corrected chi connectivity index (χ3v) is 2.05. The molecule has 0 saturated heterocycles. The summed E-state index contributed by atoms with van der Waals surface area (Å²) < 4.78 is 0. The molecule has 1 aliphatic rings. The van der Waals surface area contributed by atoms with Gasteiger partial charge in [-0.3, -0.25) is 0 Å². The van der Waals surface area contributed by atoms with Crippen molar-refractivity contribution in [2.75, 3.05) is 0 Å². The highest BCUT2D eigenvalue weighted by molar-refractivity contribution is 5.82. The fraction of sp³-hybridized carbons (Fsp3) is 0.750. The minimum Gasteiger partial charge on any atom is -0.368 e. The first-order chi connectivity index (χ1) is 5.33. The first-order valence-corrected chi connectivity index (χ1v) is 4.13. The number of hydrogen-bond acceptors (Lipinski definition) is 1. The smallest absolute Gasteiger partial charge is 0.214 e. The summed E-state index contributed by atoms with van der Waals surface area (Å²) in [5, 5.41) is 0. The van der Waals surface area contributed by atoms with Crippen molar-refractivity contribution < 1.29 is 0 Å². The van der Waals surface area contributed by atoms with Gasteiger partial charge in [0, 0.05) is 0 Å². The molecule has 1 fully saturated rings. The Bertz CT molecular complexity index is 157. The third-order valence-electron chi connectivity index (χ3n) is 2.05. The highest BCUT2D eigenvalue weighted by atomic mass is 15.0. The Morgan fingerprint density at radius 1 is 1.27 bits per heavy atom. The van der Waals surface area contributed by atoms with Gasteiger partial charge in [0.15, 0.2) is 0 Å². The molecule has 0 aromatic carbocycles. The fourth-order valence-electron chi connectivity index (χ4n) is 1.44. The van der Waals surface area contributed by atoms with Crippen molar-refractivity contribution in [1.29, 1.82) is 0 Å². The largest absolute Gasteiger partial charge is 0.368 e. The summed E-state index contributed by atoms with van der Waals surface area (Å²) in [7, 11) is 0. The third kappa shape index (κ3) is 2.70. The second-order valence-electron chi connectivity index (χ2n) is 2.94. The molecule has 0 radical (unpaired) electrons. The Balaban J connectivity index is 2.40. The summed E-state index contributed by atoms with van der Waals surface area (Å²) in [5.41, 5.74) is 5.42. The topological polar surface area (TPSA) is 50.7 Å². The van der Waals surface area contributed by atoms with Crippen LogP contribution in [-0.4, -0.2) is 18.7 Å². The van der Waals surface area contributed by atoms with Crippen LogP contribution in [0.4, 0.5) is 0 Å². The number of guanidine groups is 1. The predicted octanol–water partition coefficient (Wildman–Crippen LogP) is 1.33. The normalized spacial score (nSPS) is 21.6. The van der Waals surface area contributed by atoms with E-state index in [1.807, 2.05) is 0 Å². The van der Waals surface area contributed by atoms with Crippen LogP contribution in [0.1, 0.15) is 32.1 Å². The van der Waals surface area contributed by atoms with E-state index in [1.165, 1.54) is 19.3 Å². The molecule has 1 saturated carbocycles. The molecule has 2 N–H and O–H groups in total. The van der Waals surface area contributed by atoms with Gasteiger partial charge in [-0.05, 0) is 19.6 Å². The molecule has 62 valence electrons. The molecule has 0 spiro atoms. The minimum absolute atomic E-state index is 0.344.